The van der Waals surface area contributed by atoms with E-state index in [1.807, 2.05) is 72.8 Å². The van der Waals surface area contributed by atoms with E-state index in [9.17, 15) is 15.3 Å². The lowest BCUT2D eigenvalue weighted by atomic mass is 9.73. The van der Waals surface area contributed by atoms with Crippen LogP contribution in [0.5, 0.6) is 17.2 Å². The van der Waals surface area contributed by atoms with Crippen molar-refractivity contribution in [1.29, 1.82) is 0 Å². The van der Waals surface area contributed by atoms with Gasteiger partial charge in [-0.25, -0.2) is 0 Å². The lowest BCUT2D eigenvalue weighted by molar-refractivity contribution is -0.0445. The molecule has 72 heavy (non-hydrogen) atoms. The molecule has 15 atom stereocenters. The van der Waals surface area contributed by atoms with Gasteiger partial charge < -0.3 is 29.5 Å². The monoisotopic (exact) mass is 973 g/mol. The summed E-state index contributed by atoms with van der Waals surface area (Å²) in [6, 6.07) is 23.9. The van der Waals surface area contributed by atoms with Crippen molar-refractivity contribution in [3.8, 4) is 17.2 Å². The molecule has 3 aromatic carbocycles. The van der Waals surface area contributed by atoms with Crippen LogP contribution in [0.25, 0.3) is 32.7 Å². The van der Waals surface area contributed by atoms with Gasteiger partial charge in [-0.05, 0) is 183 Å². The highest BCUT2D eigenvalue weighted by Gasteiger charge is 2.45. The van der Waals surface area contributed by atoms with Gasteiger partial charge in [0.1, 0.15) is 17.2 Å². The topological polar surface area (TPSA) is 137 Å². The highest BCUT2D eigenvalue weighted by atomic mass is 16.5. The average molecular weight is 973 g/mol. The van der Waals surface area contributed by atoms with Gasteiger partial charge in [0.2, 0.25) is 0 Å². The molecule has 0 aliphatic carbocycles. The molecular formula is C60H72N6O6. The van der Waals surface area contributed by atoms with Crippen molar-refractivity contribution < 1.29 is 29.5 Å². The van der Waals surface area contributed by atoms with Crippen LogP contribution in [0.4, 0.5) is 0 Å². The lowest BCUT2D eigenvalue weighted by Crippen LogP contribution is -2.54. The van der Waals surface area contributed by atoms with Crippen molar-refractivity contribution in [3.63, 3.8) is 0 Å². The van der Waals surface area contributed by atoms with Crippen molar-refractivity contribution in [2.75, 3.05) is 60.6 Å². The summed E-state index contributed by atoms with van der Waals surface area (Å²) in [5.41, 5.74) is 5.54. The molecule has 6 bridgehead atoms. The van der Waals surface area contributed by atoms with Crippen LogP contribution in [0.3, 0.4) is 0 Å². The summed E-state index contributed by atoms with van der Waals surface area (Å²) in [5.74, 6) is 6.02. The minimum atomic E-state index is -0.504. The van der Waals surface area contributed by atoms with Gasteiger partial charge in [0.05, 0.1) is 56.2 Å². The van der Waals surface area contributed by atoms with Gasteiger partial charge in [-0.15, -0.1) is 19.7 Å². The molecule has 0 radical (unpaired) electrons. The van der Waals surface area contributed by atoms with Crippen LogP contribution in [-0.2, 0) is 0 Å². The minimum Gasteiger partial charge on any atom is -0.497 e. The third-order valence-electron chi connectivity index (χ3n) is 17.5. The fourth-order valence-electron chi connectivity index (χ4n) is 13.3. The second-order valence-electron chi connectivity index (χ2n) is 20.9. The number of hydrogen-bond acceptors (Lipinski definition) is 12. The maximum atomic E-state index is 11.2. The average Bonchev–Trinajstić information content (AvgIpc) is 3.46. The van der Waals surface area contributed by atoms with E-state index in [1.54, 1.807) is 39.9 Å². The van der Waals surface area contributed by atoms with Crippen molar-refractivity contribution in [2.45, 2.75) is 75.0 Å². The van der Waals surface area contributed by atoms with E-state index in [1.165, 1.54) is 19.3 Å². The van der Waals surface area contributed by atoms with Crippen LogP contribution in [0.15, 0.2) is 129 Å². The predicted octanol–water partition coefficient (Wildman–Crippen LogP) is 9.52. The molecule has 3 unspecified atom stereocenters. The summed E-state index contributed by atoms with van der Waals surface area (Å²) in [6.07, 6.45) is 16.9. The SMILES string of the molecule is C=C[C@H]1CN2CC[C@H]1C[C@H]2[C@H](O)c1ccnc2ccc(OC)cc12.C=C[C@H]1CN2CC[C@H]1C[C@H]2[C@H](O)c1ccnc2ccc(OC)cc12.C=C[C@H]1CN2CC[C@H]1C[C@H]2[C@H](O)c1ccnc2ccc(OC)cc12. The highest BCUT2D eigenvalue weighted by molar-refractivity contribution is 5.85. The summed E-state index contributed by atoms with van der Waals surface area (Å²) in [7, 11) is 4.98. The largest absolute Gasteiger partial charge is 0.497 e. The first-order valence-corrected chi connectivity index (χ1v) is 26.0. The number of rotatable bonds is 12. The number of nitrogens with zero attached hydrogens (tertiary/aromatic N) is 6. The second kappa shape index (κ2) is 21.8. The molecule has 12 nitrogen and oxygen atoms in total. The van der Waals surface area contributed by atoms with Gasteiger partial charge in [0.25, 0.3) is 0 Å². The Morgan fingerprint density at radius 3 is 1.00 bits per heavy atom. The number of benzene rings is 3. The van der Waals surface area contributed by atoms with Crippen LogP contribution < -0.4 is 14.2 Å². The number of fused-ring (bicyclic) bond motifs is 12. The van der Waals surface area contributed by atoms with Crippen LogP contribution in [0.1, 0.15) is 73.5 Å². The summed E-state index contributed by atoms with van der Waals surface area (Å²) in [4.78, 5) is 20.6. The Morgan fingerprint density at radius 1 is 0.472 bits per heavy atom. The molecule has 9 saturated heterocycles. The zero-order valence-electron chi connectivity index (χ0n) is 42.2. The lowest BCUT2D eigenvalue weighted by Gasteiger charge is -2.50. The Kier molecular flexibility index (Phi) is 15.1. The first-order valence-electron chi connectivity index (χ1n) is 26.0. The minimum absolute atomic E-state index is 0.178. The number of pyridine rings is 3. The standard InChI is InChI=1S/3C20H24N2O2/c3*1-3-13-12-22-9-7-14(13)10-19(22)20(23)16-6-8-21-18-5-4-15(24-2)11-17(16)18/h3*3-6,8,11,13-14,19-20,23H,1,7,9-10,12H2,2H3/t3*13-,14-,19-,20+/m000/s1. The molecule has 9 aliphatic heterocycles. The molecule has 9 aliphatic rings. The molecule has 12 heterocycles. The third-order valence-corrected chi connectivity index (χ3v) is 17.5. The summed E-state index contributed by atoms with van der Waals surface area (Å²) >= 11 is 0. The van der Waals surface area contributed by atoms with Crippen molar-refractivity contribution >= 4 is 32.7 Å². The van der Waals surface area contributed by atoms with Gasteiger partial charge in [-0.2, -0.15) is 0 Å². The van der Waals surface area contributed by atoms with Gasteiger partial charge in [0.15, 0.2) is 0 Å². The Morgan fingerprint density at radius 2 is 0.764 bits per heavy atom. The number of hydrogen-bond donors (Lipinski definition) is 3. The second-order valence-corrected chi connectivity index (χ2v) is 20.9. The first-order chi connectivity index (χ1) is 35.1. The Balaban J connectivity index is 0.000000124. The Hall–Kier alpha value is -5.73. The number of piperidine rings is 9. The van der Waals surface area contributed by atoms with Crippen LogP contribution in [0, 0.1) is 35.5 Å². The van der Waals surface area contributed by atoms with E-state index < -0.39 is 18.3 Å². The molecule has 12 heteroatoms. The van der Waals surface area contributed by atoms with E-state index in [0.717, 1.165) is 125 Å². The molecule has 0 saturated carbocycles. The number of aromatic nitrogens is 3. The summed E-state index contributed by atoms with van der Waals surface area (Å²) in [5, 5.41) is 36.4. The van der Waals surface area contributed by atoms with E-state index in [0.29, 0.717) is 35.5 Å². The molecule has 6 aromatic rings. The maximum Gasteiger partial charge on any atom is 0.119 e. The van der Waals surface area contributed by atoms with Crippen molar-refractivity contribution in [1.82, 2.24) is 29.7 Å². The smallest absolute Gasteiger partial charge is 0.119 e. The highest BCUT2D eigenvalue weighted by Crippen LogP contribution is 2.45. The number of aliphatic hydroxyl groups is 3. The van der Waals surface area contributed by atoms with E-state index in [-0.39, 0.29) is 18.1 Å². The van der Waals surface area contributed by atoms with E-state index >= 15 is 0 Å². The van der Waals surface area contributed by atoms with Crippen LogP contribution >= 0.6 is 0 Å². The molecule has 3 aromatic heterocycles. The number of methoxy groups -OCH3 is 3. The fraction of sp³-hybridized carbons (Fsp3) is 0.450. The molecule has 0 amide bonds. The Labute approximate surface area is 424 Å². The van der Waals surface area contributed by atoms with Crippen molar-refractivity contribution in [2.24, 2.45) is 35.5 Å². The predicted molar refractivity (Wildman–Crippen MR) is 285 cm³/mol. The van der Waals surface area contributed by atoms with Crippen LogP contribution in [0.2, 0.25) is 0 Å². The Bertz CT molecular complexity index is 2590. The zero-order valence-corrected chi connectivity index (χ0v) is 42.2. The van der Waals surface area contributed by atoms with Gasteiger partial charge in [-0.3, -0.25) is 29.7 Å². The normalized spacial score (nSPS) is 30.2. The molecule has 3 N–H and O–H groups in total. The molecule has 378 valence electrons. The third kappa shape index (κ3) is 9.77. The van der Waals surface area contributed by atoms with Crippen molar-refractivity contribution in [3.05, 3.63) is 146 Å². The quantitative estimate of drug-likeness (QED) is 0.101. The van der Waals surface area contributed by atoms with E-state index in [4.69, 9.17) is 14.2 Å². The van der Waals surface area contributed by atoms with Crippen LogP contribution in [-0.4, -0.2) is 124 Å². The van der Waals surface area contributed by atoms with E-state index in [2.05, 4.69) is 67.6 Å². The molecule has 0 spiro atoms. The molecular weight excluding hydrogens is 901 g/mol. The zero-order chi connectivity index (χ0) is 50.0. The molecule has 9 fully saturated rings. The molecule has 15 rings (SSSR count). The summed E-state index contributed by atoms with van der Waals surface area (Å²) in [6.45, 7) is 18.2. The number of ether oxygens (including phenoxy) is 3. The number of aliphatic hydroxyl groups excluding tert-OH is 3. The van der Waals surface area contributed by atoms with Gasteiger partial charge >= 0.3 is 0 Å². The van der Waals surface area contributed by atoms with Gasteiger partial charge in [-0.1, -0.05) is 18.2 Å². The summed E-state index contributed by atoms with van der Waals surface area (Å²) < 4.78 is 16.0. The fourth-order valence-corrected chi connectivity index (χ4v) is 13.3. The van der Waals surface area contributed by atoms with Gasteiger partial charge in [0, 0.05) is 72.5 Å². The first kappa shape index (κ1) is 49.8. The maximum absolute atomic E-state index is 11.2.